The zero-order chi connectivity index (χ0) is 12.8. The average Bonchev–Trinajstić information content (AvgIpc) is 2.30. The summed E-state index contributed by atoms with van der Waals surface area (Å²) in [4.78, 5) is 21.8. The molecule has 5 heteroatoms. The van der Waals surface area contributed by atoms with Crippen LogP contribution in [-0.2, 0) is 9.53 Å². The van der Waals surface area contributed by atoms with Crippen molar-refractivity contribution in [1.82, 2.24) is 0 Å². The van der Waals surface area contributed by atoms with Gasteiger partial charge in [-0.2, -0.15) is 0 Å². The molecule has 0 bridgehead atoms. The van der Waals surface area contributed by atoms with E-state index in [9.17, 15) is 9.59 Å². The molecule has 0 fully saturated rings. The predicted molar refractivity (Wildman–Crippen MR) is 66.4 cm³/mol. The second-order valence-electron chi connectivity index (χ2n) is 3.43. The van der Waals surface area contributed by atoms with Crippen molar-refractivity contribution >= 4 is 28.2 Å². The zero-order valence-electron chi connectivity index (χ0n) is 9.66. The van der Waals surface area contributed by atoms with Crippen molar-refractivity contribution in [1.29, 1.82) is 0 Å². The first-order valence-corrected chi connectivity index (χ1v) is 5.82. The van der Waals surface area contributed by atoms with E-state index in [2.05, 4.69) is 20.7 Å². The number of esters is 1. The monoisotopic (exact) mass is 300 g/mol. The number of ether oxygens (including phenoxy) is 2. The molecule has 92 valence electrons. The first-order chi connectivity index (χ1) is 8.08. The van der Waals surface area contributed by atoms with E-state index in [1.807, 2.05) is 13.0 Å². The lowest BCUT2D eigenvalue weighted by Gasteiger charge is -2.11. The zero-order valence-corrected chi connectivity index (χ0v) is 11.2. The summed E-state index contributed by atoms with van der Waals surface area (Å²) < 4.78 is 10.7. The van der Waals surface area contributed by atoms with Crippen LogP contribution < -0.4 is 4.74 Å². The minimum Gasteiger partial charge on any atom is -0.492 e. The Labute approximate surface area is 108 Å². The maximum Gasteiger partial charge on any atom is 0.308 e. The number of rotatable bonds is 5. The molecule has 0 saturated heterocycles. The van der Waals surface area contributed by atoms with E-state index < -0.39 is 0 Å². The molecule has 0 aliphatic carbocycles. The Bertz CT molecular complexity index is 429. The van der Waals surface area contributed by atoms with E-state index >= 15 is 0 Å². The summed E-state index contributed by atoms with van der Waals surface area (Å²) in [5.74, 6) is 0.166. The van der Waals surface area contributed by atoms with Crippen molar-refractivity contribution in [3.8, 4) is 5.75 Å². The number of halogens is 1. The van der Waals surface area contributed by atoms with E-state index in [1.165, 1.54) is 7.11 Å². The van der Waals surface area contributed by atoms with Gasteiger partial charge in [0, 0.05) is 4.47 Å². The minimum atomic E-state index is -0.340. The molecule has 0 saturated carbocycles. The van der Waals surface area contributed by atoms with Crippen LogP contribution in [0.3, 0.4) is 0 Å². The Balaban J connectivity index is 2.76. The highest BCUT2D eigenvalue weighted by atomic mass is 79.9. The fourth-order valence-corrected chi connectivity index (χ4v) is 1.97. The third-order valence-corrected chi connectivity index (χ3v) is 2.63. The van der Waals surface area contributed by atoms with Crippen LogP contribution >= 0.6 is 15.9 Å². The Morgan fingerprint density at radius 1 is 1.47 bits per heavy atom. The molecule has 0 heterocycles. The molecular formula is C12H13BrO4. The molecule has 0 radical (unpaired) electrons. The molecule has 17 heavy (non-hydrogen) atoms. The van der Waals surface area contributed by atoms with Crippen LogP contribution in [0, 0.1) is 6.92 Å². The van der Waals surface area contributed by atoms with Crippen molar-refractivity contribution in [2.45, 2.75) is 13.3 Å². The van der Waals surface area contributed by atoms with E-state index in [0.717, 1.165) is 16.3 Å². The summed E-state index contributed by atoms with van der Waals surface area (Å²) in [5.41, 5.74) is 1.30. The number of aryl methyl sites for hydroxylation is 1. The van der Waals surface area contributed by atoms with Gasteiger partial charge < -0.3 is 9.47 Å². The summed E-state index contributed by atoms with van der Waals surface area (Å²) in [6.45, 7) is 2.03. The maximum atomic E-state index is 10.9. The maximum absolute atomic E-state index is 10.9. The third-order valence-electron chi connectivity index (χ3n) is 2.18. The van der Waals surface area contributed by atoms with Crippen molar-refractivity contribution in [3.05, 3.63) is 27.7 Å². The van der Waals surface area contributed by atoms with Crippen molar-refractivity contribution < 1.29 is 19.1 Å². The standard InChI is InChI=1S/C12H13BrO4/c1-8-5-10(13)6-9(7-14)12(8)17-4-3-11(15)16-2/h5-7H,3-4H2,1-2H3. The molecule has 4 nitrogen and oxygen atoms in total. The fraction of sp³-hybridized carbons (Fsp3) is 0.333. The first-order valence-electron chi connectivity index (χ1n) is 5.03. The van der Waals surface area contributed by atoms with Crippen LogP contribution in [0.5, 0.6) is 5.75 Å². The van der Waals surface area contributed by atoms with Crippen molar-refractivity contribution in [3.63, 3.8) is 0 Å². The van der Waals surface area contributed by atoms with Gasteiger partial charge in [-0.25, -0.2) is 0 Å². The molecule has 1 rings (SSSR count). The second kappa shape index (κ2) is 6.39. The number of methoxy groups -OCH3 is 1. The summed E-state index contributed by atoms with van der Waals surface area (Å²) in [6, 6.07) is 3.52. The Morgan fingerprint density at radius 2 is 2.18 bits per heavy atom. The Hall–Kier alpha value is -1.36. The highest BCUT2D eigenvalue weighted by molar-refractivity contribution is 9.10. The highest BCUT2D eigenvalue weighted by Gasteiger charge is 2.09. The minimum absolute atomic E-state index is 0.157. The summed E-state index contributed by atoms with van der Waals surface area (Å²) in [6.07, 6.45) is 0.884. The van der Waals surface area contributed by atoms with Crippen LogP contribution in [0.1, 0.15) is 22.3 Å². The molecular weight excluding hydrogens is 288 g/mol. The van der Waals surface area contributed by atoms with Gasteiger partial charge in [-0.15, -0.1) is 0 Å². The SMILES string of the molecule is COC(=O)CCOc1c(C)cc(Br)cc1C=O. The van der Waals surface area contributed by atoms with Gasteiger partial charge in [-0.05, 0) is 24.6 Å². The largest absolute Gasteiger partial charge is 0.492 e. The molecule has 0 amide bonds. The van der Waals surface area contributed by atoms with Crippen LogP contribution in [0.4, 0.5) is 0 Å². The molecule has 0 aromatic heterocycles. The topological polar surface area (TPSA) is 52.6 Å². The van der Waals surface area contributed by atoms with Gasteiger partial charge in [-0.1, -0.05) is 15.9 Å². The fourth-order valence-electron chi connectivity index (χ4n) is 1.38. The van der Waals surface area contributed by atoms with Gasteiger partial charge in [0.2, 0.25) is 0 Å². The van der Waals surface area contributed by atoms with E-state index in [1.54, 1.807) is 6.07 Å². The number of aldehydes is 1. The smallest absolute Gasteiger partial charge is 0.308 e. The number of benzene rings is 1. The number of carbonyl (C=O) groups is 2. The van der Waals surface area contributed by atoms with Crippen molar-refractivity contribution in [2.24, 2.45) is 0 Å². The Kier molecular flexibility index (Phi) is 5.15. The van der Waals surface area contributed by atoms with Crippen LogP contribution in [-0.4, -0.2) is 26.0 Å². The summed E-state index contributed by atoms with van der Waals surface area (Å²) >= 11 is 3.30. The number of hydrogen-bond acceptors (Lipinski definition) is 4. The van der Waals surface area contributed by atoms with E-state index in [4.69, 9.17) is 4.74 Å². The molecule has 0 unspecified atom stereocenters. The molecule has 1 aromatic rings. The third kappa shape index (κ3) is 3.85. The summed E-state index contributed by atoms with van der Waals surface area (Å²) in [5, 5.41) is 0. The van der Waals surface area contributed by atoms with Crippen LogP contribution in [0.2, 0.25) is 0 Å². The molecule has 0 atom stereocenters. The van der Waals surface area contributed by atoms with Crippen LogP contribution in [0.15, 0.2) is 16.6 Å². The van der Waals surface area contributed by atoms with Crippen LogP contribution in [0.25, 0.3) is 0 Å². The lowest BCUT2D eigenvalue weighted by atomic mass is 10.1. The lowest BCUT2D eigenvalue weighted by molar-refractivity contribution is -0.141. The van der Waals surface area contributed by atoms with Crippen molar-refractivity contribution in [2.75, 3.05) is 13.7 Å². The van der Waals surface area contributed by atoms with Gasteiger partial charge in [0.25, 0.3) is 0 Å². The highest BCUT2D eigenvalue weighted by Crippen LogP contribution is 2.26. The summed E-state index contributed by atoms with van der Waals surface area (Å²) in [7, 11) is 1.32. The number of hydrogen-bond donors (Lipinski definition) is 0. The quantitative estimate of drug-likeness (QED) is 0.619. The molecule has 1 aromatic carbocycles. The molecule has 0 spiro atoms. The average molecular weight is 301 g/mol. The number of carbonyl (C=O) groups excluding carboxylic acids is 2. The van der Waals surface area contributed by atoms with Gasteiger partial charge in [0.15, 0.2) is 6.29 Å². The second-order valence-corrected chi connectivity index (χ2v) is 4.35. The van der Waals surface area contributed by atoms with Gasteiger partial charge >= 0.3 is 5.97 Å². The normalized spacial score (nSPS) is 9.82. The molecule has 0 aliphatic heterocycles. The van der Waals surface area contributed by atoms with Gasteiger partial charge in [0.05, 0.1) is 25.7 Å². The molecule has 0 N–H and O–H groups in total. The van der Waals surface area contributed by atoms with E-state index in [-0.39, 0.29) is 19.0 Å². The lowest BCUT2D eigenvalue weighted by Crippen LogP contribution is -2.09. The van der Waals surface area contributed by atoms with Gasteiger partial charge in [0.1, 0.15) is 5.75 Å². The Morgan fingerprint density at radius 3 is 2.76 bits per heavy atom. The predicted octanol–water partition coefficient (Wildman–Crippen LogP) is 2.51. The van der Waals surface area contributed by atoms with E-state index in [0.29, 0.717) is 11.3 Å². The first kappa shape index (κ1) is 13.7. The van der Waals surface area contributed by atoms with Gasteiger partial charge in [-0.3, -0.25) is 9.59 Å². The molecule has 0 aliphatic rings.